The zero-order valence-corrected chi connectivity index (χ0v) is 12.3. The van der Waals surface area contributed by atoms with E-state index in [0.717, 1.165) is 16.8 Å². The highest BCUT2D eigenvalue weighted by atomic mass is 16.6. The van der Waals surface area contributed by atoms with Crippen molar-refractivity contribution in [1.29, 1.82) is 0 Å². The molecule has 0 saturated carbocycles. The number of ether oxygens (including phenoxy) is 1. The van der Waals surface area contributed by atoms with Gasteiger partial charge in [-0.3, -0.25) is 15.1 Å². The fourth-order valence-electron chi connectivity index (χ4n) is 2.36. The van der Waals surface area contributed by atoms with Crippen LogP contribution in [0.1, 0.15) is 0 Å². The van der Waals surface area contributed by atoms with E-state index >= 15 is 0 Å². The number of nitrogens with zero attached hydrogens (tertiary/aromatic N) is 2. The molecule has 0 spiro atoms. The molecule has 1 aromatic heterocycles. The topological polar surface area (TPSA) is 77.3 Å². The van der Waals surface area contributed by atoms with Gasteiger partial charge in [0.2, 0.25) is 0 Å². The second-order valence-electron chi connectivity index (χ2n) is 4.90. The van der Waals surface area contributed by atoms with Gasteiger partial charge in [0.15, 0.2) is 0 Å². The molecule has 0 aliphatic carbocycles. The fraction of sp³-hybridized carbons (Fsp3) is 0.118. The van der Waals surface area contributed by atoms with Crippen molar-refractivity contribution >= 4 is 22.1 Å². The molecule has 6 heteroatoms. The standard InChI is InChI=1S/C17H15N3O3/c21-20(22)17-7-6-16(14-8-9-18-12-15(14)17)19-10-11-23-13-4-2-1-3-5-13/h1-9,12,19H,10-11H2. The summed E-state index contributed by atoms with van der Waals surface area (Å²) in [7, 11) is 0. The molecular weight excluding hydrogens is 294 g/mol. The normalized spacial score (nSPS) is 10.4. The van der Waals surface area contributed by atoms with E-state index in [4.69, 9.17) is 4.74 Å². The number of nitro groups is 1. The van der Waals surface area contributed by atoms with Crippen LogP contribution in [0.4, 0.5) is 11.4 Å². The molecule has 3 rings (SSSR count). The van der Waals surface area contributed by atoms with E-state index in [2.05, 4.69) is 10.3 Å². The molecule has 1 N–H and O–H groups in total. The fourth-order valence-corrected chi connectivity index (χ4v) is 2.36. The van der Waals surface area contributed by atoms with Gasteiger partial charge in [-0.05, 0) is 24.3 Å². The maximum absolute atomic E-state index is 11.1. The minimum Gasteiger partial charge on any atom is -0.492 e. The Kier molecular flexibility index (Phi) is 4.33. The molecule has 116 valence electrons. The van der Waals surface area contributed by atoms with Gasteiger partial charge in [0.1, 0.15) is 12.4 Å². The van der Waals surface area contributed by atoms with Crippen LogP contribution in [0, 0.1) is 10.1 Å². The molecule has 0 bridgehead atoms. The Hall–Kier alpha value is -3.15. The number of para-hydroxylation sites is 1. The summed E-state index contributed by atoms with van der Waals surface area (Å²) in [6.45, 7) is 1.08. The van der Waals surface area contributed by atoms with Crippen LogP contribution >= 0.6 is 0 Å². The molecule has 0 fully saturated rings. The van der Waals surface area contributed by atoms with Crippen LogP contribution in [0.2, 0.25) is 0 Å². The van der Waals surface area contributed by atoms with E-state index in [0.29, 0.717) is 18.5 Å². The number of anilines is 1. The Morgan fingerprint density at radius 1 is 1.09 bits per heavy atom. The number of hydrogen-bond acceptors (Lipinski definition) is 5. The summed E-state index contributed by atoms with van der Waals surface area (Å²) in [6.07, 6.45) is 3.14. The Labute approximate surface area is 132 Å². The number of nitrogens with one attached hydrogen (secondary N) is 1. The maximum atomic E-state index is 11.1. The third-order valence-electron chi connectivity index (χ3n) is 3.42. The molecule has 6 nitrogen and oxygen atoms in total. The van der Waals surface area contributed by atoms with Crippen LogP contribution < -0.4 is 10.1 Å². The average Bonchev–Trinajstić information content (AvgIpc) is 2.59. The van der Waals surface area contributed by atoms with Gasteiger partial charge in [-0.1, -0.05) is 18.2 Å². The summed E-state index contributed by atoms with van der Waals surface area (Å²) < 4.78 is 5.62. The minimum absolute atomic E-state index is 0.0548. The highest BCUT2D eigenvalue weighted by molar-refractivity contribution is 5.99. The van der Waals surface area contributed by atoms with Gasteiger partial charge in [0.05, 0.1) is 10.3 Å². The number of non-ortho nitro benzene ring substituents is 1. The van der Waals surface area contributed by atoms with Crippen LogP contribution in [0.3, 0.4) is 0 Å². The lowest BCUT2D eigenvalue weighted by atomic mass is 10.1. The predicted octanol–water partition coefficient (Wildman–Crippen LogP) is 3.63. The second-order valence-corrected chi connectivity index (χ2v) is 4.90. The van der Waals surface area contributed by atoms with Crippen LogP contribution in [-0.4, -0.2) is 23.1 Å². The summed E-state index contributed by atoms with van der Waals surface area (Å²) in [5.41, 5.74) is 0.879. The van der Waals surface area contributed by atoms with E-state index in [-0.39, 0.29) is 5.69 Å². The third-order valence-corrected chi connectivity index (χ3v) is 3.42. The Bertz CT molecular complexity index is 822. The highest BCUT2D eigenvalue weighted by Crippen LogP contribution is 2.30. The number of hydrogen-bond donors (Lipinski definition) is 1. The summed E-state index contributed by atoms with van der Waals surface area (Å²) in [4.78, 5) is 14.7. The van der Waals surface area contributed by atoms with Crippen molar-refractivity contribution in [3.05, 3.63) is 71.0 Å². The molecule has 0 amide bonds. The minimum atomic E-state index is -0.397. The van der Waals surface area contributed by atoms with Crippen LogP contribution in [-0.2, 0) is 0 Å². The van der Waals surface area contributed by atoms with E-state index in [1.54, 1.807) is 18.3 Å². The first-order valence-electron chi connectivity index (χ1n) is 7.18. The average molecular weight is 309 g/mol. The summed E-state index contributed by atoms with van der Waals surface area (Å²) >= 11 is 0. The molecule has 2 aromatic carbocycles. The second kappa shape index (κ2) is 6.74. The van der Waals surface area contributed by atoms with Crippen LogP contribution in [0.15, 0.2) is 60.9 Å². The van der Waals surface area contributed by atoms with E-state index in [1.165, 1.54) is 12.3 Å². The number of fused-ring (bicyclic) bond motifs is 1. The lowest BCUT2D eigenvalue weighted by Crippen LogP contribution is -2.11. The summed E-state index contributed by atoms with van der Waals surface area (Å²) in [6, 6.07) is 14.5. The van der Waals surface area contributed by atoms with E-state index in [9.17, 15) is 10.1 Å². The maximum Gasteiger partial charge on any atom is 0.278 e. The Morgan fingerprint density at radius 3 is 2.70 bits per heavy atom. The lowest BCUT2D eigenvalue weighted by molar-refractivity contribution is -0.383. The van der Waals surface area contributed by atoms with Crippen molar-refractivity contribution < 1.29 is 9.66 Å². The molecule has 0 radical (unpaired) electrons. The van der Waals surface area contributed by atoms with Crippen molar-refractivity contribution in [3.8, 4) is 5.75 Å². The first-order chi connectivity index (χ1) is 11.3. The molecule has 1 heterocycles. The molecule has 23 heavy (non-hydrogen) atoms. The molecule has 0 saturated heterocycles. The number of nitro benzene ring substituents is 1. The van der Waals surface area contributed by atoms with Crippen molar-refractivity contribution in [1.82, 2.24) is 4.98 Å². The number of aromatic nitrogens is 1. The molecular formula is C17H15N3O3. The quantitative estimate of drug-likeness (QED) is 0.427. The van der Waals surface area contributed by atoms with Crippen molar-refractivity contribution in [2.24, 2.45) is 0 Å². The largest absolute Gasteiger partial charge is 0.492 e. The first kappa shape index (κ1) is 14.8. The van der Waals surface area contributed by atoms with Crippen molar-refractivity contribution in [3.63, 3.8) is 0 Å². The first-order valence-corrected chi connectivity index (χ1v) is 7.18. The summed E-state index contributed by atoms with van der Waals surface area (Å²) in [5, 5.41) is 15.6. The van der Waals surface area contributed by atoms with Crippen LogP contribution in [0.25, 0.3) is 10.8 Å². The Balaban J connectivity index is 1.71. The molecule has 0 atom stereocenters. The predicted molar refractivity (Wildman–Crippen MR) is 88.8 cm³/mol. The van der Waals surface area contributed by atoms with Gasteiger partial charge < -0.3 is 10.1 Å². The van der Waals surface area contributed by atoms with Crippen molar-refractivity contribution in [2.75, 3.05) is 18.5 Å². The van der Waals surface area contributed by atoms with Gasteiger partial charge in [0, 0.05) is 36.1 Å². The molecule has 3 aromatic rings. The van der Waals surface area contributed by atoms with Crippen molar-refractivity contribution in [2.45, 2.75) is 0 Å². The van der Waals surface area contributed by atoms with Gasteiger partial charge >= 0.3 is 0 Å². The Morgan fingerprint density at radius 2 is 1.91 bits per heavy atom. The molecule has 0 aliphatic rings. The lowest BCUT2D eigenvalue weighted by Gasteiger charge is -2.11. The van der Waals surface area contributed by atoms with Gasteiger partial charge in [0.25, 0.3) is 5.69 Å². The smallest absolute Gasteiger partial charge is 0.278 e. The monoisotopic (exact) mass is 309 g/mol. The van der Waals surface area contributed by atoms with Gasteiger partial charge in [-0.25, -0.2) is 0 Å². The van der Waals surface area contributed by atoms with E-state index < -0.39 is 4.92 Å². The third kappa shape index (κ3) is 3.37. The van der Waals surface area contributed by atoms with Gasteiger partial charge in [-0.2, -0.15) is 0 Å². The SMILES string of the molecule is O=[N+]([O-])c1ccc(NCCOc2ccccc2)c2ccncc12. The van der Waals surface area contributed by atoms with Crippen LogP contribution in [0.5, 0.6) is 5.75 Å². The number of rotatable bonds is 6. The zero-order valence-electron chi connectivity index (χ0n) is 12.3. The highest BCUT2D eigenvalue weighted by Gasteiger charge is 2.13. The summed E-state index contributed by atoms with van der Waals surface area (Å²) in [5.74, 6) is 0.812. The molecule has 0 unspecified atom stereocenters. The molecule has 0 aliphatic heterocycles. The van der Waals surface area contributed by atoms with E-state index in [1.807, 2.05) is 30.3 Å². The van der Waals surface area contributed by atoms with Gasteiger partial charge in [-0.15, -0.1) is 0 Å². The zero-order chi connectivity index (χ0) is 16.1. The number of benzene rings is 2. The number of pyridine rings is 1.